The summed E-state index contributed by atoms with van der Waals surface area (Å²) in [4.78, 5) is 25.4. The topological polar surface area (TPSA) is 93.6 Å². The number of ether oxygens (including phenoxy) is 1. The minimum atomic E-state index is -0.00981. The molecular formula is C24H26N8O2. The third-order valence-corrected chi connectivity index (χ3v) is 6.69. The first-order chi connectivity index (χ1) is 16.5. The highest BCUT2D eigenvalue weighted by Crippen LogP contribution is 2.30. The number of tetrazole rings is 1. The molecule has 0 bridgehead atoms. The van der Waals surface area contributed by atoms with Crippen molar-refractivity contribution in [1.29, 1.82) is 0 Å². The van der Waals surface area contributed by atoms with Gasteiger partial charge in [0.25, 0.3) is 0 Å². The number of morpholine rings is 1. The fraction of sp³-hybridized carbons (Fsp3) is 0.417. The fourth-order valence-corrected chi connectivity index (χ4v) is 4.64. The first kappa shape index (κ1) is 22.1. The molecule has 2 fully saturated rings. The SMILES string of the molecule is [C-]#[N+]c1ccc([C@@H]2CN3CCN(C(=O)Cc4cnc(-n5cnnn5)cc4C)C[C@@H]3CO2)cc1C. The first-order valence-electron chi connectivity index (χ1n) is 11.3. The van der Waals surface area contributed by atoms with Crippen LogP contribution < -0.4 is 0 Å². The van der Waals surface area contributed by atoms with E-state index in [-0.39, 0.29) is 18.1 Å². The van der Waals surface area contributed by atoms with Gasteiger partial charge in [0.15, 0.2) is 11.5 Å². The Bertz CT molecular complexity index is 1240. The van der Waals surface area contributed by atoms with E-state index in [2.05, 4.69) is 36.3 Å². The lowest BCUT2D eigenvalue weighted by Crippen LogP contribution is -2.59. The van der Waals surface area contributed by atoms with Gasteiger partial charge in [0.2, 0.25) is 5.91 Å². The van der Waals surface area contributed by atoms with Crippen LogP contribution in [0.4, 0.5) is 5.69 Å². The highest BCUT2D eigenvalue weighted by atomic mass is 16.5. The monoisotopic (exact) mass is 458 g/mol. The van der Waals surface area contributed by atoms with Crippen molar-refractivity contribution in [2.75, 3.05) is 32.8 Å². The van der Waals surface area contributed by atoms with E-state index < -0.39 is 0 Å². The number of fused-ring (bicyclic) bond motifs is 1. The highest BCUT2D eigenvalue weighted by molar-refractivity contribution is 5.79. The molecule has 2 aliphatic heterocycles. The van der Waals surface area contributed by atoms with Crippen LogP contribution in [-0.4, -0.2) is 79.7 Å². The molecule has 0 aliphatic carbocycles. The molecule has 0 radical (unpaired) electrons. The van der Waals surface area contributed by atoms with E-state index in [0.29, 0.717) is 37.6 Å². The van der Waals surface area contributed by atoms with E-state index in [9.17, 15) is 4.79 Å². The third kappa shape index (κ3) is 4.40. The van der Waals surface area contributed by atoms with E-state index in [1.54, 1.807) is 6.20 Å². The molecular weight excluding hydrogens is 432 g/mol. The van der Waals surface area contributed by atoms with E-state index in [0.717, 1.165) is 35.3 Å². The summed E-state index contributed by atoms with van der Waals surface area (Å²) in [5, 5.41) is 11.1. The van der Waals surface area contributed by atoms with Crippen LogP contribution in [0.5, 0.6) is 0 Å². The summed E-state index contributed by atoms with van der Waals surface area (Å²) >= 11 is 0. The fourth-order valence-electron chi connectivity index (χ4n) is 4.64. The van der Waals surface area contributed by atoms with Gasteiger partial charge in [0, 0.05) is 32.4 Å². The van der Waals surface area contributed by atoms with Crippen molar-refractivity contribution in [3.63, 3.8) is 0 Å². The number of nitrogens with zero attached hydrogens (tertiary/aromatic N) is 8. The molecule has 2 aliphatic rings. The predicted molar refractivity (Wildman–Crippen MR) is 123 cm³/mol. The van der Waals surface area contributed by atoms with Gasteiger partial charge in [-0.25, -0.2) is 9.83 Å². The van der Waals surface area contributed by atoms with Gasteiger partial charge < -0.3 is 9.64 Å². The lowest BCUT2D eigenvalue weighted by molar-refractivity contribution is -0.139. The molecule has 1 amide bonds. The minimum absolute atomic E-state index is 0.00981. The molecule has 10 nitrogen and oxygen atoms in total. The molecule has 34 heavy (non-hydrogen) atoms. The number of hydrogen-bond donors (Lipinski definition) is 0. The number of carbonyl (C=O) groups is 1. The zero-order valence-corrected chi connectivity index (χ0v) is 19.3. The van der Waals surface area contributed by atoms with E-state index in [1.807, 2.05) is 36.9 Å². The average Bonchev–Trinajstić information content (AvgIpc) is 3.39. The summed E-state index contributed by atoms with van der Waals surface area (Å²) < 4.78 is 7.69. The Labute approximate surface area is 198 Å². The van der Waals surface area contributed by atoms with Gasteiger partial charge in [-0.15, -0.1) is 5.10 Å². The van der Waals surface area contributed by atoms with Crippen molar-refractivity contribution in [3.05, 3.63) is 70.5 Å². The zero-order valence-electron chi connectivity index (χ0n) is 19.3. The van der Waals surface area contributed by atoms with Crippen molar-refractivity contribution >= 4 is 11.6 Å². The summed E-state index contributed by atoms with van der Waals surface area (Å²) in [7, 11) is 0. The number of aromatic nitrogens is 5. The van der Waals surface area contributed by atoms with Crippen LogP contribution in [0.15, 0.2) is 36.8 Å². The average molecular weight is 459 g/mol. The molecule has 3 aromatic rings. The van der Waals surface area contributed by atoms with Crippen LogP contribution in [0.2, 0.25) is 0 Å². The molecule has 5 rings (SSSR count). The Kier molecular flexibility index (Phi) is 6.04. The van der Waals surface area contributed by atoms with Crippen LogP contribution >= 0.6 is 0 Å². The van der Waals surface area contributed by atoms with E-state index in [4.69, 9.17) is 11.3 Å². The van der Waals surface area contributed by atoms with Gasteiger partial charge >= 0.3 is 0 Å². The molecule has 2 atom stereocenters. The number of piperazine rings is 1. The van der Waals surface area contributed by atoms with Crippen LogP contribution in [0.3, 0.4) is 0 Å². The summed E-state index contributed by atoms with van der Waals surface area (Å²) in [5.74, 6) is 0.729. The van der Waals surface area contributed by atoms with Crippen LogP contribution in [0.25, 0.3) is 10.7 Å². The second-order valence-electron chi connectivity index (χ2n) is 8.87. The Morgan fingerprint density at radius 1 is 1.21 bits per heavy atom. The summed E-state index contributed by atoms with van der Waals surface area (Å²) in [6.45, 7) is 14.7. The number of carbonyl (C=O) groups excluding carboxylic acids is 1. The molecule has 0 unspecified atom stereocenters. The molecule has 2 aromatic heterocycles. The van der Waals surface area contributed by atoms with Crippen molar-refractivity contribution < 1.29 is 9.53 Å². The van der Waals surface area contributed by atoms with Gasteiger partial charge in [-0.3, -0.25) is 9.69 Å². The Hall–Kier alpha value is -3.68. The summed E-state index contributed by atoms with van der Waals surface area (Å²) in [5.41, 5.74) is 4.65. The Morgan fingerprint density at radius 2 is 2.09 bits per heavy atom. The molecule has 10 heteroatoms. The number of amides is 1. The van der Waals surface area contributed by atoms with Crippen molar-refractivity contribution in [3.8, 4) is 5.82 Å². The lowest BCUT2D eigenvalue weighted by Gasteiger charge is -2.46. The molecule has 0 spiro atoms. The lowest BCUT2D eigenvalue weighted by atomic mass is 10.0. The maximum atomic E-state index is 13.1. The standard InChI is InChI=1S/C24H26N8O2/c1-16-9-23(32-15-27-28-29-32)26-11-19(16)10-24(33)31-7-6-30-13-22(34-14-20(30)12-31)18-4-5-21(25-3)17(2)8-18/h4-5,8-9,11,15,20,22H,6-7,10,12-14H2,1-2H3/t20-,22+/m1/s1. The number of pyridine rings is 1. The smallest absolute Gasteiger partial charge is 0.227 e. The third-order valence-electron chi connectivity index (χ3n) is 6.69. The van der Waals surface area contributed by atoms with Crippen molar-refractivity contribution in [1.82, 2.24) is 35.0 Å². The van der Waals surface area contributed by atoms with Gasteiger partial charge in [0.05, 0.1) is 31.7 Å². The largest absolute Gasteiger partial charge is 0.370 e. The molecule has 1 aromatic carbocycles. The maximum absolute atomic E-state index is 13.1. The Balaban J connectivity index is 1.19. The van der Waals surface area contributed by atoms with Crippen LogP contribution in [-0.2, 0) is 16.0 Å². The quantitative estimate of drug-likeness (QED) is 0.553. The predicted octanol–water partition coefficient (Wildman–Crippen LogP) is 2.05. The van der Waals surface area contributed by atoms with Crippen molar-refractivity contribution in [2.45, 2.75) is 32.4 Å². The van der Waals surface area contributed by atoms with Crippen molar-refractivity contribution in [2.24, 2.45) is 0 Å². The van der Waals surface area contributed by atoms with Crippen LogP contribution in [0, 0.1) is 20.4 Å². The molecule has 2 saturated heterocycles. The molecule has 0 N–H and O–H groups in total. The molecule has 174 valence electrons. The Morgan fingerprint density at radius 3 is 2.82 bits per heavy atom. The normalized spacial score (nSPS) is 20.6. The molecule has 4 heterocycles. The van der Waals surface area contributed by atoms with Gasteiger partial charge in [-0.05, 0) is 52.6 Å². The second kappa shape index (κ2) is 9.29. The maximum Gasteiger partial charge on any atom is 0.227 e. The van der Waals surface area contributed by atoms with Gasteiger partial charge in [0.1, 0.15) is 6.33 Å². The molecule has 0 saturated carbocycles. The number of rotatable bonds is 4. The second-order valence-corrected chi connectivity index (χ2v) is 8.87. The zero-order chi connectivity index (χ0) is 23.7. The number of aryl methyl sites for hydroxylation is 2. The number of benzene rings is 1. The summed E-state index contributed by atoms with van der Waals surface area (Å²) in [6.07, 6.45) is 3.53. The van der Waals surface area contributed by atoms with Gasteiger partial charge in [-0.1, -0.05) is 18.2 Å². The summed E-state index contributed by atoms with van der Waals surface area (Å²) in [6, 6.07) is 8.00. The van der Waals surface area contributed by atoms with E-state index >= 15 is 0 Å². The van der Waals surface area contributed by atoms with Gasteiger partial charge in [-0.2, -0.15) is 4.68 Å². The minimum Gasteiger partial charge on any atom is -0.370 e. The number of hydrogen-bond acceptors (Lipinski definition) is 7. The van der Waals surface area contributed by atoms with Crippen LogP contribution in [0.1, 0.15) is 28.4 Å². The van der Waals surface area contributed by atoms with E-state index in [1.165, 1.54) is 11.0 Å². The highest BCUT2D eigenvalue weighted by Gasteiger charge is 2.35. The first-order valence-corrected chi connectivity index (χ1v) is 11.3.